The third-order valence-electron chi connectivity index (χ3n) is 7.82. The Morgan fingerprint density at radius 1 is 1.19 bits per heavy atom. The average molecular weight is 521 g/mol. The number of hydrogen-bond acceptors (Lipinski definition) is 8. The second kappa shape index (κ2) is 9.96. The van der Waals surface area contributed by atoms with Crippen molar-refractivity contribution in [3.05, 3.63) is 58.5 Å². The van der Waals surface area contributed by atoms with Gasteiger partial charge in [0.2, 0.25) is 0 Å². The van der Waals surface area contributed by atoms with Gasteiger partial charge in [0.25, 0.3) is 0 Å². The van der Waals surface area contributed by atoms with E-state index in [4.69, 9.17) is 20.2 Å². The molecule has 1 aromatic heterocycles. The molecular formula is C28H32N4O4S. The van der Waals surface area contributed by atoms with Gasteiger partial charge in [0.15, 0.2) is 5.13 Å². The second-order valence-corrected chi connectivity index (χ2v) is 11.1. The monoisotopic (exact) mass is 520 g/mol. The number of benzene rings is 2. The highest BCUT2D eigenvalue weighted by Gasteiger charge is 2.60. The van der Waals surface area contributed by atoms with Gasteiger partial charge in [-0.05, 0) is 53.6 Å². The number of nitrogens with two attached hydrogens (primary N) is 1. The van der Waals surface area contributed by atoms with Crippen LogP contribution in [-0.2, 0) is 22.7 Å². The van der Waals surface area contributed by atoms with Crippen molar-refractivity contribution in [1.82, 2.24) is 9.88 Å². The molecule has 37 heavy (non-hydrogen) atoms. The number of carboxylic acid groups (broad SMARTS) is 1. The number of anilines is 2. The van der Waals surface area contributed by atoms with E-state index >= 15 is 0 Å². The number of thiazole rings is 1. The Labute approximate surface area is 220 Å². The molecule has 2 unspecified atom stereocenters. The number of morpholine rings is 1. The lowest BCUT2D eigenvalue weighted by Crippen LogP contribution is -2.35. The van der Waals surface area contributed by atoms with Gasteiger partial charge in [-0.25, -0.2) is 4.98 Å². The number of nitrogens with zero attached hydrogens (tertiary/aromatic N) is 3. The maximum absolute atomic E-state index is 11.3. The van der Waals surface area contributed by atoms with Crippen molar-refractivity contribution in [2.75, 3.05) is 50.0 Å². The number of hydrogen-bond donors (Lipinski definition) is 2. The fourth-order valence-electron chi connectivity index (χ4n) is 5.65. The number of aromatic nitrogens is 1. The summed E-state index contributed by atoms with van der Waals surface area (Å²) in [5, 5.41) is 12.2. The number of carbonyl (C=O) groups is 1. The smallest absolute Gasteiger partial charge is 0.307 e. The maximum Gasteiger partial charge on any atom is 0.307 e. The third kappa shape index (κ3) is 5.03. The molecule has 1 saturated carbocycles. The number of carboxylic acids is 1. The van der Waals surface area contributed by atoms with E-state index in [1.807, 2.05) is 23.6 Å². The molecule has 2 aliphatic heterocycles. The molecule has 2 aromatic carbocycles. The lowest BCUT2D eigenvalue weighted by atomic mass is 10.0. The minimum atomic E-state index is -0.669. The van der Waals surface area contributed by atoms with Crippen LogP contribution in [0.25, 0.3) is 11.3 Å². The summed E-state index contributed by atoms with van der Waals surface area (Å²) in [6.45, 7) is 8.62. The number of piperidine rings is 1. The maximum atomic E-state index is 11.3. The van der Waals surface area contributed by atoms with E-state index < -0.39 is 5.97 Å². The van der Waals surface area contributed by atoms with E-state index in [2.05, 4.69) is 34.9 Å². The Hall–Kier alpha value is -3.14. The number of aliphatic carboxylic acids is 1. The van der Waals surface area contributed by atoms with Gasteiger partial charge in [0, 0.05) is 49.4 Å². The van der Waals surface area contributed by atoms with E-state index in [0.717, 1.165) is 73.6 Å². The molecule has 3 aromatic rings. The SMILES string of the molecule is Cc1cc(CN2CCOCC2)ccc1COc1ccc(N)cc1-c1csc(N2CC3C(C2)C3C(=O)O)n1. The fraction of sp³-hybridized carbons (Fsp3) is 0.429. The topological polar surface area (TPSA) is 101 Å². The summed E-state index contributed by atoms with van der Waals surface area (Å²) in [5.74, 6) is 0.400. The zero-order valence-corrected chi connectivity index (χ0v) is 21.7. The van der Waals surface area contributed by atoms with Crippen LogP contribution in [-0.4, -0.2) is 60.4 Å². The molecule has 1 aliphatic carbocycles. The quantitative estimate of drug-likeness (QED) is 0.432. The minimum absolute atomic E-state index is 0.179. The number of nitrogen functional groups attached to an aromatic ring is 1. The standard InChI is InChI=1S/C28H32N4O4S/c1-17-10-18(12-31-6-8-35-9-7-31)2-3-19(17)15-36-25-5-4-20(29)11-21(25)24-16-37-28(30-24)32-13-22-23(14-32)26(22)27(33)34/h2-5,10-11,16,22-23,26H,6-9,12-15,29H2,1H3,(H,33,34). The molecule has 6 rings (SSSR count). The minimum Gasteiger partial charge on any atom is -0.488 e. The fourth-order valence-corrected chi connectivity index (χ4v) is 6.49. The van der Waals surface area contributed by atoms with Crippen molar-refractivity contribution in [2.45, 2.75) is 20.1 Å². The van der Waals surface area contributed by atoms with Crippen molar-refractivity contribution < 1.29 is 19.4 Å². The molecule has 0 bridgehead atoms. The molecule has 2 saturated heterocycles. The summed E-state index contributed by atoms with van der Waals surface area (Å²) >= 11 is 1.58. The first-order valence-corrected chi connectivity index (χ1v) is 13.7. The van der Waals surface area contributed by atoms with Crippen LogP contribution in [0.1, 0.15) is 16.7 Å². The first kappa shape index (κ1) is 24.2. The van der Waals surface area contributed by atoms with E-state index in [1.165, 1.54) is 11.1 Å². The summed E-state index contributed by atoms with van der Waals surface area (Å²) in [6.07, 6.45) is 0. The zero-order valence-electron chi connectivity index (χ0n) is 20.9. The van der Waals surface area contributed by atoms with E-state index in [1.54, 1.807) is 11.3 Å². The molecule has 3 aliphatic rings. The van der Waals surface area contributed by atoms with E-state index in [9.17, 15) is 9.90 Å². The van der Waals surface area contributed by atoms with Gasteiger partial charge in [-0.3, -0.25) is 9.69 Å². The first-order valence-electron chi connectivity index (χ1n) is 12.8. The second-order valence-electron chi connectivity index (χ2n) is 10.3. The normalized spacial score (nSPS) is 23.2. The van der Waals surface area contributed by atoms with E-state index in [0.29, 0.717) is 12.3 Å². The highest BCUT2D eigenvalue weighted by molar-refractivity contribution is 7.14. The van der Waals surface area contributed by atoms with Crippen LogP contribution >= 0.6 is 11.3 Å². The van der Waals surface area contributed by atoms with Crippen molar-refractivity contribution in [3.8, 4) is 17.0 Å². The molecule has 0 radical (unpaired) electrons. The molecular weight excluding hydrogens is 488 g/mol. The summed E-state index contributed by atoms with van der Waals surface area (Å²) in [7, 11) is 0. The molecule has 0 amide bonds. The number of aryl methyl sites for hydroxylation is 1. The molecule has 194 valence electrons. The molecule has 2 atom stereocenters. The van der Waals surface area contributed by atoms with Crippen LogP contribution < -0.4 is 15.4 Å². The lowest BCUT2D eigenvalue weighted by molar-refractivity contribution is -0.139. The zero-order chi connectivity index (χ0) is 25.5. The van der Waals surface area contributed by atoms with Crippen molar-refractivity contribution in [2.24, 2.45) is 17.8 Å². The molecule has 3 fully saturated rings. The van der Waals surface area contributed by atoms with E-state index in [-0.39, 0.29) is 17.8 Å². The molecule has 9 heteroatoms. The van der Waals surface area contributed by atoms with Crippen LogP contribution in [0.15, 0.2) is 41.8 Å². The van der Waals surface area contributed by atoms with Gasteiger partial charge in [0.1, 0.15) is 12.4 Å². The Bertz CT molecular complexity index is 1290. The van der Waals surface area contributed by atoms with Gasteiger partial charge >= 0.3 is 5.97 Å². The van der Waals surface area contributed by atoms with Crippen LogP contribution in [0.5, 0.6) is 5.75 Å². The average Bonchev–Trinajstić information content (AvgIpc) is 3.21. The van der Waals surface area contributed by atoms with Crippen LogP contribution in [0.2, 0.25) is 0 Å². The molecule has 8 nitrogen and oxygen atoms in total. The summed E-state index contributed by atoms with van der Waals surface area (Å²) in [6, 6.07) is 12.3. The predicted molar refractivity (Wildman–Crippen MR) is 144 cm³/mol. The summed E-state index contributed by atoms with van der Waals surface area (Å²) < 4.78 is 11.8. The van der Waals surface area contributed by atoms with Crippen molar-refractivity contribution >= 4 is 28.1 Å². The van der Waals surface area contributed by atoms with Gasteiger partial charge in [-0.1, -0.05) is 18.2 Å². The molecule has 0 spiro atoms. The summed E-state index contributed by atoms with van der Waals surface area (Å²) in [4.78, 5) is 20.8. The molecule has 3 heterocycles. The third-order valence-corrected chi connectivity index (χ3v) is 8.72. The van der Waals surface area contributed by atoms with Crippen LogP contribution in [0, 0.1) is 24.7 Å². The number of rotatable bonds is 8. The van der Waals surface area contributed by atoms with Gasteiger partial charge < -0.3 is 25.2 Å². The Kier molecular flexibility index (Phi) is 6.52. The number of ether oxygens (including phenoxy) is 2. The van der Waals surface area contributed by atoms with Crippen molar-refractivity contribution in [1.29, 1.82) is 0 Å². The Morgan fingerprint density at radius 3 is 2.70 bits per heavy atom. The van der Waals surface area contributed by atoms with Crippen LogP contribution in [0.3, 0.4) is 0 Å². The summed E-state index contributed by atoms with van der Waals surface area (Å²) in [5.41, 5.74) is 12.2. The van der Waals surface area contributed by atoms with Crippen molar-refractivity contribution in [3.63, 3.8) is 0 Å². The number of fused-ring (bicyclic) bond motifs is 1. The van der Waals surface area contributed by atoms with Gasteiger partial charge in [0.05, 0.1) is 24.8 Å². The van der Waals surface area contributed by atoms with Gasteiger partial charge in [-0.15, -0.1) is 11.3 Å². The van der Waals surface area contributed by atoms with Gasteiger partial charge in [-0.2, -0.15) is 0 Å². The highest BCUT2D eigenvalue weighted by atomic mass is 32.1. The largest absolute Gasteiger partial charge is 0.488 e. The predicted octanol–water partition coefficient (Wildman–Crippen LogP) is 3.88. The Balaban J connectivity index is 1.13. The highest BCUT2D eigenvalue weighted by Crippen LogP contribution is 2.53. The Morgan fingerprint density at radius 2 is 1.97 bits per heavy atom. The first-order chi connectivity index (χ1) is 18.0. The van der Waals surface area contributed by atoms with Crippen LogP contribution in [0.4, 0.5) is 10.8 Å². The molecule has 3 N–H and O–H groups in total. The lowest BCUT2D eigenvalue weighted by Gasteiger charge is -2.26.